The summed E-state index contributed by atoms with van der Waals surface area (Å²) in [6, 6.07) is 8.84. The fraction of sp³-hybridized carbons (Fsp3) is 0.214. The first kappa shape index (κ1) is 13.8. The molecule has 0 amide bonds. The summed E-state index contributed by atoms with van der Waals surface area (Å²) in [5, 5.41) is 15.0. The standard InChI is InChI=1S/C14H14N2O4/c1-20-11-5-2-9(3-6-11)12-8-10(4-7-13(17)18)14(19)16-15-12/h2-3,5-6,8H,4,7H2,1H3,(H,16,19)(H,17,18). The number of aromatic amines is 1. The van der Waals surface area contributed by atoms with Crippen LogP contribution in [0.1, 0.15) is 12.0 Å². The van der Waals surface area contributed by atoms with Gasteiger partial charge in [0.1, 0.15) is 5.75 Å². The summed E-state index contributed by atoms with van der Waals surface area (Å²) in [7, 11) is 1.58. The number of hydrogen-bond donors (Lipinski definition) is 2. The number of ether oxygens (including phenoxy) is 1. The van der Waals surface area contributed by atoms with Gasteiger partial charge in [0, 0.05) is 17.5 Å². The number of aryl methyl sites for hydroxylation is 1. The van der Waals surface area contributed by atoms with Crippen LogP contribution in [0.4, 0.5) is 0 Å². The molecule has 1 aromatic carbocycles. The predicted molar refractivity (Wildman–Crippen MR) is 72.8 cm³/mol. The van der Waals surface area contributed by atoms with E-state index in [2.05, 4.69) is 10.2 Å². The zero-order valence-electron chi connectivity index (χ0n) is 10.9. The molecule has 0 saturated carbocycles. The van der Waals surface area contributed by atoms with Crippen LogP contribution in [-0.4, -0.2) is 28.4 Å². The maximum absolute atomic E-state index is 11.6. The van der Waals surface area contributed by atoms with Crippen LogP contribution in [0, 0.1) is 0 Å². The molecule has 0 radical (unpaired) electrons. The lowest BCUT2D eigenvalue weighted by Crippen LogP contribution is -2.15. The molecule has 1 aromatic heterocycles. The van der Waals surface area contributed by atoms with Crippen molar-refractivity contribution in [2.75, 3.05) is 7.11 Å². The van der Waals surface area contributed by atoms with Crippen molar-refractivity contribution in [3.05, 3.63) is 46.2 Å². The Bertz CT molecular complexity index is 662. The molecule has 0 aliphatic carbocycles. The molecule has 6 nitrogen and oxygen atoms in total. The van der Waals surface area contributed by atoms with E-state index < -0.39 is 5.97 Å². The lowest BCUT2D eigenvalue weighted by atomic mass is 10.1. The minimum atomic E-state index is -0.938. The van der Waals surface area contributed by atoms with E-state index in [4.69, 9.17) is 9.84 Å². The van der Waals surface area contributed by atoms with Crippen molar-refractivity contribution in [3.8, 4) is 17.0 Å². The van der Waals surface area contributed by atoms with Gasteiger partial charge in [0.15, 0.2) is 0 Å². The molecule has 0 aliphatic rings. The molecule has 20 heavy (non-hydrogen) atoms. The first-order chi connectivity index (χ1) is 9.60. The molecule has 6 heteroatoms. The summed E-state index contributed by atoms with van der Waals surface area (Å²) in [5.41, 5.74) is 1.46. The zero-order chi connectivity index (χ0) is 14.5. The largest absolute Gasteiger partial charge is 0.497 e. The molecule has 0 fully saturated rings. The second-order valence-corrected chi connectivity index (χ2v) is 4.23. The van der Waals surface area contributed by atoms with Gasteiger partial charge >= 0.3 is 5.97 Å². The number of rotatable bonds is 5. The lowest BCUT2D eigenvalue weighted by Gasteiger charge is -2.04. The molecule has 0 unspecified atom stereocenters. The number of carboxylic acids is 1. The third-order valence-corrected chi connectivity index (χ3v) is 2.87. The van der Waals surface area contributed by atoms with Crippen LogP contribution >= 0.6 is 0 Å². The van der Waals surface area contributed by atoms with Crippen LogP contribution in [0.25, 0.3) is 11.3 Å². The Kier molecular flexibility index (Phi) is 4.14. The third-order valence-electron chi connectivity index (χ3n) is 2.87. The third kappa shape index (κ3) is 3.23. The van der Waals surface area contributed by atoms with Gasteiger partial charge in [-0.3, -0.25) is 9.59 Å². The van der Waals surface area contributed by atoms with Crippen molar-refractivity contribution < 1.29 is 14.6 Å². The van der Waals surface area contributed by atoms with Crippen LogP contribution in [-0.2, 0) is 11.2 Å². The van der Waals surface area contributed by atoms with Gasteiger partial charge in [-0.2, -0.15) is 5.10 Å². The van der Waals surface area contributed by atoms with Crippen LogP contribution in [0.2, 0.25) is 0 Å². The summed E-state index contributed by atoms with van der Waals surface area (Å²) in [4.78, 5) is 22.2. The lowest BCUT2D eigenvalue weighted by molar-refractivity contribution is -0.136. The fourth-order valence-corrected chi connectivity index (χ4v) is 1.78. The Hall–Kier alpha value is -2.63. The van der Waals surface area contributed by atoms with Gasteiger partial charge in [-0.05, 0) is 36.8 Å². The van der Waals surface area contributed by atoms with Crippen molar-refractivity contribution in [3.63, 3.8) is 0 Å². The molecule has 0 atom stereocenters. The van der Waals surface area contributed by atoms with Gasteiger partial charge in [-0.25, -0.2) is 5.10 Å². The average molecular weight is 274 g/mol. The Balaban J connectivity index is 2.29. The van der Waals surface area contributed by atoms with Crippen LogP contribution < -0.4 is 10.3 Å². The first-order valence-corrected chi connectivity index (χ1v) is 6.05. The van der Waals surface area contributed by atoms with Gasteiger partial charge in [-0.15, -0.1) is 0 Å². The van der Waals surface area contributed by atoms with E-state index in [-0.39, 0.29) is 18.4 Å². The normalized spacial score (nSPS) is 10.2. The summed E-state index contributed by atoms with van der Waals surface area (Å²) in [5.74, 6) is -0.212. The highest BCUT2D eigenvalue weighted by atomic mass is 16.5. The van der Waals surface area contributed by atoms with Crippen molar-refractivity contribution in [2.24, 2.45) is 0 Å². The van der Waals surface area contributed by atoms with Gasteiger partial charge < -0.3 is 9.84 Å². The highest BCUT2D eigenvalue weighted by molar-refractivity contribution is 5.67. The highest BCUT2D eigenvalue weighted by Crippen LogP contribution is 2.20. The molecule has 2 aromatic rings. The zero-order valence-corrected chi connectivity index (χ0v) is 10.9. The first-order valence-electron chi connectivity index (χ1n) is 6.05. The van der Waals surface area contributed by atoms with E-state index in [0.717, 1.165) is 11.3 Å². The Morgan fingerprint density at radius 2 is 2.05 bits per heavy atom. The van der Waals surface area contributed by atoms with Crippen LogP contribution in [0.3, 0.4) is 0 Å². The van der Waals surface area contributed by atoms with E-state index in [9.17, 15) is 9.59 Å². The maximum Gasteiger partial charge on any atom is 0.303 e. The number of H-pyrrole nitrogens is 1. The second-order valence-electron chi connectivity index (χ2n) is 4.23. The summed E-state index contributed by atoms with van der Waals surface area (Å²) in [6.45, 7) is 0. The average Bonchev–Trinajstić information content (AvgIpc) is 2.46. The van der Waals surface area contributed by atoms with E-state index in [1.54, 1.807) is 25.3 Å². The monoisotopic (exact) mass is 274 g/mol. The second kappa shape index (κ2) is 6.01. The molecule has 0 saturated heterocycles. The Morgan fingerprint density at radius 1 is 1.35 bits per heavy atom. The smallest absolute Gasteiger partial charge is 0.303 e. The molecule has 2 rings (SSSR count). The van der Waals surface area contributed by atoms with Crippen molar-refractivity contribution in [1.82, 2.24) is 10.2 Å². The van der Waals surface area contributed by atoms with Crippen LogP contribution in [0.5, 0.6) is 5.75 Å². The molecular formula is C14H14N2O4. The summed E-state index contributed by atoms with van der Waals surface area (Å²) < 4.78 is 5.07. The summed E-state index contributed by atoms with van der Waals surface area (Å²) in [6.07, 6.45) is 0.0888. The highest BCUT2D eigenvalue weighted by Gasteiger charge is 2.07. The number of benzene rings is 1. The Morgan fingerprint density at radius 3 is 2.65 bits per heavy atom. The summed E-state index contributed by atoms with van der Waals surface area (Å²) >= 11 is 0. The maximum atomic E-state index is 11.6. The molecule has 2 N–H and O–H groups in total. The number of hydrogen-bond acceptors (Lipinski definition) is 4. The molecule has 0 spiro atoms. The predicted octanol–water partition coefficient (Wildman–Crippen LogP) is 1.46. The molecule has 0 bridgehead atoms. The number of nitrogens with zero attached hydrogens (tertiary/aromatic N) is 1. The quantitative estimate of drug-likeness (QED) is 0.861. The number of carboxylic acid groups (broad SMARTS) is 1. The van der Waals surface area contributed by atoms with Crippen LogP contribution in [0.15, 0.2) is 35.1 Å². The Labute approximate surface area is 115 Å². The van der Waals surface area contributed by atoms with Gasteiger partial charge in [0.2, 0.25) is 0 Å². The minimum absolute atomic E-state index is 0.0881. The number of carbonyl (C=O) groups is 1. The van der Waals surface area contributed by atoms with Crippen molar-refractivity contribution in [2.45, 2.75) is 12.8 Å². The van der Waals surface area contributed by atoms with Gasteiger partial charge in [-0.1, -0.05) is 0 Å². The number of aliphatic carboxylic acids is 1. The van der Waals surface area contributed by atoms with E-state index >= 15 is 0 Å². The molecule has 0 aliphatic heterocycles. The topological polar surface area (TPSA) is 92.3 Å². The van der Waals surface area contributed by atoms with Crippen molar-refractivity contribution in [1.29, 1.82) is 0 Å². The van der Waals surface area contributed by atoms with Gasteiger partial charge in [0.25, 0.3) is 5.56 Å². The number of aromatic nitrogens is 2. The van der Waals surface area contributed by atoms with E-state index in [0.29, 0.717) is 11.3 Å². The fourth-order valence-electron chi connectivity index (χ4n) is 1.78. The SMILES string of the molecule is COc1ccc(-c2cc(CCC(=O)O)c(=O)[nH]n2)cc1. The van der Waals surface area contributed by atoms with Gasteiger partial charge in [0.05, 0.1) is 12.8 Å². The molecular weight excluding hydrogens is 260 g/mol. The number of nitrogens with one attached hydrogen (secondary N) is 1. The molecule has 104 valence electrons. The van der Waals surface area contributed by atoms with E-state index in [1.165, 1.54) is 0 Å². The van der Waals surface area contributed by atoms with Crippen molar-refractivity contribution >= 4 is 5.97 Å². The minimum Gasteiger partial charge on any atom is -0.497 e. The number of methoxy groups -OCH3 is 1. The van der Waals surface area contributed by atoms with E-state index in [1.807, 2.05) is 12.1 Å². The molecule has 1 heterocycles.